The molecular formula is C20H19F3N2O4. The molecule has 2 aromatic rings. The lowest BCUT2D eigenvalue weighted by Crippen LogP contribution is -2.50. The smallest absolute Gasteiger partial charge is 0.419 e. The predicted molar refractivity (Wildman–Crippen MR) is 99.1 cm³/mol. The first-order chi connectivity index (χ1) is 13.8. The van der Waals surface area contributed by atoms with Gasteiger partial charge in [0.2, 0.25) is 0 Å². The molecule has 0 radical (unpaired) electrons. The van der Waals surface area contributed by atoms with E-state index in [9.17, 15) is 22.8 Å². The number of hydrogen-bond acceptors (Lipinski definition) is 4. The molecule has 0 bridgehead atoms. The summed E-state index contributed by atoms with van der Waals surface area (Å²) >= 11 is 0. The number of carbonyl (C=O) groups excluding carboxylic acids is 1. The molecule has 0 spiro atoms. The Hall–Kier alpha value is -3.23. The molecule has 1 amide bonds. The van der Waals surface area contributed by atoms with Crippen molar-refractivity contribution in [2.45, 2.75) is 6.18 Å². The van der Waals surface area contributed by atoms with Crippen LogP contribution in [0, 0.1) is 0 Å². The van der Waals surface area contributed by atoms with Gasteiger partial charge in [-0.05, 0) is 30.3 Å². The van der Waals surface area contributed by atoms with Gasteiger partial charge in [0.25, 0.3) is 5.91 Å². The highest BCUT2D eigenvalue weighted by Crippen LogP contribution is 2.35. The molecule has 9 heteroatoms. The molecule has 1 saturated heterocycles. The standard InChI is InChI=1S/C20H19F3N2O4/c21-20(22,23)16-6-1-2-7-17(16)29-13-18(26)25-10-8-24(9-11-25)15-5-3-4-14(12-15)19(27)28/h1-7,12H,8-11,13H2,(H,27,28). The normalized spacial score (nSPS) is 14.6. The Balaban J connectivity index is 1.56. The predicted octanol–water partition coefficient (Wildman–Crippen LogP) is 3.13. The number of halogens is 3. The van der Waals surface area contributed by atoms with E-state index in [0.29, 0.717) is 26.2 Å². The van der Waals surface area contributed by atoms with E-state index in [4.69, 9.17) is 9.84 Å². The van der Waals surface area contributed by atoms with E-state index < -0.39 is 30.2 Å². The minimum atomic E-state index is -4.56. The summed E-state index contributed by atoms with van der Waals surface area (Å²) in [7, 11) is 0. The molecule has 0 aliphatic carbocycles. The molecule has 2 aromatic carbocycles. The summed E-state index contributed by atoms with van der Waals surface area (Å²) in [6.45, 7) is 1.20. The van der Waals surface area contributed by atoms with Crippen molar-refractivity contribution in [1.82, 2.24) is 4.90 Å². The van der Waals surface area contributed by atoms with E-state index in [1.807, 2.05) is 4.90 Å². The Morgan fingerprint density at radius 1 is 1.00 bits per heavy atom. The number of nitrogens with zero attached hydrogens (tertiary/aromatic N) is 2. The lowest BCUT2D eigenvalue weighted by atomic mass is 10.1. The van der Waals surface area contributed by atoms with Crippen LogP contribution in [0.3, 0.4) is 0 Å². The van der Waals surface area contributed by atoms with Gasteiger partial charge < -0.3 is 19.6 Å². The highest BCUT2D eigenvalue weighted by molar-refractivity contribution is 5.88. The van der Waals surface area contributed by atoms with Crippen LogP contribution in [-0.2, 0) is 11.0 Å². The number of piperazine rings is 1. The maximum absolute atomic E-state index is 13.0. The first kappa shape index (κ1) is 20.5. The molecule has 1 aliphatic rings. The minimum Gasteiger partial charge on any atom is -0.483 e. The quantitative estimate of drug-likeness (QED) is 0.823. The van der Waals surface area contributed by atoms with Crippen molar-refractivity contribution in [1.29, 1.82) is 0 Å². The molecule has 1 heterocycles. The van der Waals surface area contributed by atoms with Gasteiger partial charge in [-0.25, -0.2) is 4.79 Å². The monoisotopic (exact) mass is 408 g/mol. The van der Waals surface area contributed by atoms with E-state index in [0.717, 1.165) is 11.8 Å². The first-order valence-electron chi connectivity index (χ1n) is 8.91. The Bertz CT molecular complexity index is 893. The number of anilines is 1. The minimum absolute atomic E-state index is 0.178. The maximum Gasteiger partial charge on any atom is 0.419 e. The second-order valence-electron chi connectivity index (χ2n) is 6.51. The molecule has 1 N–H and O–H groups in total. The zero-order valence-corrected chi connectivity index (χ0v) is 15.4. The number of carboxylic acids is 1. The van der Waals surface area contributed by atoms with E-state index in [1.54, 1.807) is 18.2 Å². The Morgan fingerprint density at radius 2 is 1.69 bits per heavy atom. The van der Waals surface area contributed by atoms with Gasteiger partial charge in [-0.3, -0.25) is 4.79 Å². The third kappa shape index (κ3) is 4.98. The van der Waals surface area contributed by atoms with Crippen molar-refractivity contribution >= 4 is 17.6 Å². The van der Waals surface area contributed by atoms with Crippen LogP contribution in [0.1, 0.15) is 15.9 Å². The van der Waals surface area contributed by atoms with Gasteiger partial charge in [-0.2, -0.15) is 13.2 Å². The summed E-state index contributed by atoms with van der Waals surface area (Å²) in [6, 6.07) is 11.3. The number of para-hydroxylation sites is 1. The SMILES string of the molecule is O=C(O)c1cccc(N2CCN(C(=O)COc3ccccc3C(F)(F)F)CC2)c1. The molecule has 3 rings (SSSR count). The van der Waals surface area contributed by atoms with Gasteiger partial charge in [-0.1, -0.05) is 18.2 Å². The van der Waals surface area contributed by atoms with Gasteiger partial charge in [-0.15, -0.1) is 0 Å². The summed E-state index contributed by atoms with van der Waals surface area (Å²) in [6.07, 6.45) is -4.56. The largest absolute Gasteiger partial charge is 0.483 e. The van der Waals surface area contributed by atoms with Crippen molar-refractivity contribution in [2.75, 3.05) is 37.7 Å². The van der Waals surface area contributed by atoms with Crippen molar-refractivity contribution in [3.63, 3.8) is 0 Å². The summed E-state index contributed by atoms with van der Waals surface area (Å²) in [4.78, 5) is 26.9. The molecule has 154 valence electrons. The molecular weight excluding hydrogens is 389 g/mol. The van der Waals surface area contributed by atoms with Crippen molar-refractivity contribution in [3.8, 4) is 5.75 Å². The lowest BCUT2D eigenvalue weighted by Gasteiger charge is -2.36. The van der Waals surface area contributed by atoms with Crippen LogP contribution in [-0.4, -0.2) is 54.7 Å². The van der Waals surface area contributed by atoms with Crippen LogP contribution in [0.15, 0.2) is 48.5 Å². The average molecular weight is 408 g/mol. The Morgan fingerprint density at radius 3 is 2.34 bits per heavy atom. The number of ether oxygens (including phenoxy) is 1. The fraction of sp³-hybridized carbons (Fsp3) is 0.300. The zero-order chi connectivity index (χ0) is 21.0. The highest BCUT2D eigenvalue weighted by atomic mass is 19.4. The van der Waals surface area contributed by atoms with Gasteiger partial charge in [0, 0.05) is 31.9 Å². The number of hydrogen-bond donors (Lipinski definition) is 1. The van der Waals surface area contributed by atoms with Crippen molar-refractivity contribution in [2.24, 2.45) is 0 Å². The summed E-state index contributed by atoms with van der Waals surface area (Å²) < 4.78 is 44.1. The molecule has 0 saturated carbocycles. The van der Waals surface area contributed by atoms with Crippen LogP contribution < -0.4 is 9.64 Å². The number of carboxylic acid groups (broad SMARTS) is 1. The molecule has 0 atom stereocenters. The molecule has 0 aromatic heterocycles. The van der Waals surface area contributed by atoms with Crippen molar-refractivity contribution < 1.29 is 32.6 Å². The number of alkyl halides is 3. The average Bonchev–Trinajstić information content (AvgIpc) is 2.71. The maximum atomic E-state index is 13.0. The number of carbonyl (C=O) groups is 2. The third-order valence-electron chi connectivity index (χ3n) is 4.63. The molecule has 1 aliphatic heterocycles. The van der Waals surface area contributed by atoms with Crippen LogP contribution >= 0.6 is 0 Å². The van der Waals surface area contributed by atoms with Gasteiger partial charge in [0.05, 0.1) is 11.1 Å². The van der Waals surface area contributed by atoms with Gasteiger partial charge in [0.1, 0.15) is 5.75 Å². The van der Waals surface area contributed by atoms with Gasteiger partial charge >= 0.3 is 12.1 Å². The molecule has 29 heavy (non-hydrogen) atoms. The number of rotatable bonds is 5. The van der Waals surface area contributed by atoms with E-state index >= 15 is 0 Å². The number of amides is 1. The van der Waals surface area contributed by atoms with Crippen LogP contribution in [0.25, 0.3) is 0 Å². The number of benzene rings is 2. The fourth-order valence-corrected chi connectivity index (χ4v) is 3.11. The second kappa shape index (κ2) is 8.42. The Kier molecular flexibility index (Phi) is 5.95. The topological polar surface area (TPSA) is 70.1 Å². The number of aromatic carboxylic acids is 1. The van der Waals surface area contributed by atoms with Gasteiger partial charge in [0.15, 0.2) is 6.61 Å². The van der Waals surface area contributed by atoms with Crippen molar-refractivity contribution in [3.05, 3.63) is 59.7 Å². The first-order valence-corrected chi connectivity index (χ1v) is 8.91. The Labute approximate surface area is 165 Å². The lowest BCUT2D eigenvalue weighted by molar-refractivity contribution is -0.141. The summed E-state index contributed by atoms with van der Waals surface area (Å²) in [5, 5.41) is 9.09. The fourth-order valence-electron chi connectivity index (χ4n) is 3.11. The van der Waals surface area contributed by atoms with Crippen LogP contribution in [0.4, 0.5) is 18.9 Å². The highest BCUT2D eigenvalue weighted by Gasteiger charge is 2.34. The zero-order valence-electron chi connectivity index (χ0n) is 15.4. The van der Waals surface area contributed by atoms with E-state index in [1.165, 1.54) is 29.2 Å². The summed E-state index contributed by atoms with van der Waals surface area (Å²) in [5.74, 6) is -1.80. The summed E-state index contributed by atoms with van der Waals surface area (Å²) in [5.41, 5.74) is 0.000945. The van der Waals surface area contributed by atoms with Crippen LogP contribution in [0.5, 0.6) is 5.75 Å². The second-order valence-corrected chi connectivity index (χ2v) is 6.51. The van der Waals surface area contributed by atoms with E-state index in [-0.39, 0.29) is 11.3 Å². The molecule has 6 nitrogen and oxygen atoms in total. The van der Waals surface area contributed by atoms with E-state index in [2.05, 4.69) is 0 Å². The molecule has 1 fully saturated rings. The van der Waals surface area contributed by atoms with Crippen LogP contribution in [0.2, 0.25) is 0 Å². The molecule has 0 unspecified atom stereocenters. The third-order valence-corrected chi connectivity index (χ3v) is 4.63.